The number of aromatic nitrogens is 4. The molecule has 12 aliphatic rings. The zero-order chi connectivity index (χ0) is 82.8. The summed E-state index contributed by atoms with van der Waals surface area (Å²) < 4.78 is 17.4. The van der Waals surface area contributed by atoms with Gasteiger partial charge in [0.05, 0.1) is 74.4 Å². The number of nitriles is 3. The van der Waals surface area contributed by atoms with Crippen LogP contribution in [0.4, 0.5) is 0 Å². The van der Waals surface area contributed by atoms with Crippen molar-refractivity contribution in [1.29, 1.82) is 15.8 Å². The summed E-state index contributed by atoms with van der Waals surface area (Å²) in [6, 6.07) is 73.9. The molecule has 10 aromatic carbocycles. The van der Waals surface area contributed by atoms with Gasteiger partial charge >= 0.3 is 0 Å². The highest BCUT2D eigenvalue weighted by atomic mass is 16.5. The maximum Gasteiger partial charge on any atom is 0.244 e. The monoisotopic (exact) mass is 1560 g/mol. The molecule has 0 saturated heterocycles. The van der Waals surface area contributed by atoms with E-state index in [0.717, 1.165) is 0 Å². The first kappa shape index (κ1) is 72.7. The summed E-state index contributed by atoms with van der Waals surface area (Å²) in [6.07, 6.45) is 0. The second kappa shape index (κ2) is 25.1. The predicted molar refractivity (Wildman–Crippen MR) is 428 cm³/mol. The summed E-state index contributed by atoms with van der Waals surface area (Å²) >= 11 is 0. The van der Waals surface area contributed by atoms with Crippen molar-refractivity contribution in [3.05, 3.63) is 354 Å². The second-order valence-electron chi connectivity index (χ2n) is 31.3. The van der Waals surface area contributed by atoms with E-state index in [1.807, 2.05) is 0 Å². The Morgan fingerprint density at radius 3 is 0.882 bits per heavy atom. The molecule has 119 heavy (non-hydrogen) atoms. The largest absolute Gasteiger partial charge is 0.479 e. The van der Waals surface area contributed by atoms with Crippen LogP contribution in [0.1, 0.15) is 204 Å². The maximum absolute atomic E-state index is 16.1. The lowest BCUT2D eigenvalue weighted by Gasteiger charge is -2.65. The van der Waals surface area contributed by atoms with Gasteiger partial charge in [0.15, 0.2) is 79.9 Å². The molecule has 0 N–H and O–H groups in total. The van der Waals surface area contributed by atoms with E-state index in [0.29, 0.717) is 66.3 Å². The van der Waals surface area contributed by atoms with Crippen molar-refractivity contribution in [3.8, 4) is 18.2 Å². The van der Waals surface area contributed by atoms with E-state index < -0.39 is 126 Å². The molecule has 0 radical (unpaired) electrons. The molecule has 0 amide bonds. The van der Waals surface area contributed by atoms with E-state index in [9.17, 15) is 9.59 Å². The summed E-state index contributed by atoms with van der Waals surface area (Å²) in [5.41, 5.74) is -6.77. The van der Waals surface area contributed by atoms with Gasteiger partial charge in [0.1, 0.15) is 11.5 Å². The number of allylic oxidation sites excluding steroid dienone is 2. The first-order chi connectivity index (χ1) is 57.7. The molecular formula is C98H61N7O14. The topological polar surface area (TPSA) is 330 Å². The van der Waals surface area contributed by atoms with E-state index in [4.69, 9.17) is 35.5 Å². The predicted octanol–water partition coefficient (Wildman–Crippen LogP) is 15.5. The third-order valence-electron chi connectivity index (χ3n) is 26.8. The van der Waals surface area contributed by atoms with Crippen molar-refractivity contribution in [3.63, 3.8) is 0 Å². The number of ketones is 10. The summed E-state index contributed by atoms with van der Waals surface area (Å²) in [6.45, 7) is 7.05. The SMILES string of the molecule is CC#N.CC#N.CC#N.CC(=O)n1nc([C@@H]2[C@H]3C(=O)c4ccccc4[C@]34OC3=C(C(=O)c5ccccc53)[C@@]3(c5ccccc5C(=O)[C@@H]23)C42C(=O)c3ccccc3C2=O)c2ccccc21.CC(=O)n1nc([C@@H]2[C@H]3C(=O)c4ccccc4[C@]34OC3=C(C(=O)c5ccccc53)[C@@]3(c5ccccc5C(=O)[C@@H]23)C42C(=O)c3ccccc3C2=O)c2ccccc21. The lowest BCUT2D eigenvalue weighted by Crippen LogP contribution is -2.76. The first-order valence-corrected chi connectivity index (χ1v) is 38.7. The van der Waals surface area contributed by atoms with Gasteiger partial charge in [-0.25, -0.2) is 9.36 Å². The van der Waals surface area contributed by atoms with Crippen LogP contribution in [0.25, 0.3) is 33.3 Å². The van der Waals surface area contributed by atoms with E-state index in [1.54, 1.807) is 261 Å². The van der Waals surface area contributed by atoms with Crippen LogP contribution in [-0.4, -0.2) is 89.2 Å². The van der Waals surface area contributed by atoms with Crippen molar-refractivity contribution in [2.75, 3.05) is 0 Å². The van der Waals surface area contributed by atoms with Crippen LogP contribution in [0.2, 0.25) is 0 Å². The normalized spacial score (nSPS) is 25.2. The Labute approximate surface area is 677 Å². The maximum atomic E-state index is 16.1. The van der Waals surface area contributed by atoms with Gasteiger partial charge in [-0.1, -0.05) is 231 Å². The van der Waals surface area contributed by atoms with Crippen molar-refractivity contribution >= 4 is 103 Å². The number of para-hydroxylation sites is 2. The molecule has 2 aliphatic heterocycles. The molecular weight excluding hydrogens is 1500 g/mol. The van der Waals surface area contributed by atoms with Crippen molar-refractivity contribution in [1.82, 2.24) is 19.6 Å². The minimum absolute atomic E-state index is 0.0488. The summed E-state index contributed by atoms with van der Waals surface area (Å²) in [5.74, 6) is -13.4. The highest BCUT2D eigenvalue weighted by Crippen LogP contribution is 2.85. The number of Topliss-reactive ketones (excluding diaryl/α,β-unsaturated/α-hetero) is 10. The van der Waals surface area contributed by atoms with Crippen LogP contribution in [-0.2, 0) is 31.5 Å². The fraction of sp³-hybridized carbons (Fsp3) is 0.173. The molecule has 2 saturated carbocycles. The Kier molecular flexibility index (Phi) is 15.3. The number of rotatable bonds is 2. The summed E-state index contributed by atoms with van der Waals surface area (Å²) in [7, 11) is 0. The van der Waals surface area contributed by atoms with E-state index in [-0.39, 0.29) is 90.4 Å². The van der Waals surface area contributed by atoms with Gasteiger partial charge in [0.25, 0.3) is 0 Å². The van der Waals surface area contributed by atoms with Crippen LogP contribution in [0.3, 0.4) is 0 Å². The van der Waals surface area contributed by atoms with Crippen molar-refractivity contribution in [2.45, 2.75) is 68.5 Å². The number of ether oxygens (including phenoxy) is 2. The minimum Gasteiger partial charge on any atom is -0.479 e. The van der Waals surface area contributed by atoms with Gasteiger partial charge in [-0.05, 0) is 23.3 Å². The molecule has 10 atom stereocenters. The molecule has 21 nitrogen and oxygen atoms in total. The van der Waals surface area contributed by atoms with Gasteiger partial charge in [-0.2, -0.15) is 26.0 Å². The van der Waals surface area contributed by atoms with Gasteiger partial charge in [0, 0.05) is 147 Å². The zero-order valence-corrected chi connectivity index (χ0v) is 63.9. The van der Waals surface area contributed by atoms with Crippen LogP contribution >= 0.6 is 0 Å². The first-order valence-electron chi connectivity index (χ1n) is 38.7. The van der Waals surface area contributed by atoms with Gasteiger partial charge in [-0.3, -0.25) is 57.5 Å². The van der Waals surface area contributed by atoms with Crippen molar-refractivity contribution in [2.24, 2.45) is 34.5 Å². The smallest absolute Gasteiger partial charge is 0.244 e. The minimum atomic E-state index is -2.34. The molecule has 572 valence electrons. The van der Waals surface area contributed by atoms with Crippen LogP contribution in [0, 0.1) is 68.5 Å². The Morgan fingerprint density at radius 2 is 0.571 bits per heavy atom. The molecule has 2 aromatic heterocycles. The zero-order valence-electron chi connectivity index (χ0n) is 63.9. The lowest BCUT2D eigenvalue weighted by molar-refractivity contribution is -0.156. The van der Waals surface area contributed by atoms with E-state index in [1.165, 1.54) is 44.0 Å². The molecule has 6 spiro atoms. The van der Waals surface area contributed by atoms with Crippen LogP contribution in [0.15, 0.2) is 254 Å². The van der Waals surface area contributed by atoms with Crippen LogP contribution in [0.5, 0.6) is 0 Å². The lowest BCUT2D eigenvalue weighted by atomic mass is 9.35. The number of benzene rings is 10. The van der Waals surface area contributed by atoms with E-state index in [2.05, 4.69) is 0 Å². The second-order valence-corrected chi connectivity index (χ2v) is 31.3. The highest BCUT2D eigenvalue weighted by Gasteiger charge is 2.94. The molecule has 4 bridgehead atoms. The molecule has 10 aliphatic carbocycles. The molecule has 4 heterocycles. The average molecular weight is 1560 g/mol. The number of carbonyl (C=O) groups excluding carboxylic acids is 12. The Balaban J connectivity index is 0.000000139. The Bertz CT molecular complexity index is 6630. The Morgan fingerprint density at radius 1 is 0.328 bits per heavy atom. The molecule has 12 aromatic rings. The van der Waals surface area contributed by atoms with Gasteiger partial charge in [-0.15, -0.1) is 0 Å². The molecule has 24 rings (SSSR count). The van der Waals surface area contributed by atoms with Crippen LogP contribution < -0.4 is 0 Å². The third-order valence-corrected chi connectivity index (χ3v) is 26.8. The van der Waals surface area contributed by atoms with Crippen molar-refractivity contribution < 1.29 is 67.0 Å². The molecule has 0 unspecified atom stereocenters. The molecule has 2 fully saturated rings. The standard InChI is InChI=1S/2C46H26N2O7.3C2H3N/c2*1-22(49)48-32-21-11-8-18-29(32)37(47-48)33-34-39(51)27-16-6-9-19-30(27)44(34)36-38(50)23-12-2-3-13-24(23)41(36)55-46(31-20-10-7-17-28(31)40(52)35(33)46)45(44)42(53)25-14-4-5-15-26(25)43(45)54;3*1-2-3/h2*2-21,33-35H,1H3;3*1H3/t2*33-,34+,35-,44-,46-;;;/m00.../s1. The average Bonchev–Trinajstić information content (AvgIpc) is 1.44. The summed E-state index contributed by atoms with van der Waals surface area (Å²) in [4.78, 5) is 184. The molecule has 21 heteroatoms. The van der Waals surface area contributed by atoms with Gasteiger partial charge < -0.3 is 9.47 Å². The highest BCUT2D eigenvalue weighted by molar-refractivity contribution is 6.39. The number of fused-ring (bicyclic) bond motifs is 12. The number of carbonyl (C=O) groups is 12. The number of nitrogens with zero attached hydrogens (tertiary/aromatic N) is 7. The summed E-state index contributed by atoms with van der Waals surface area (Å²) in [5, 5.41) is 32.9. The van der Waals surface area contributed by atoms with Gasteiger partial charge in [0.2, 0.25) is 11.8 Å². The number of hydrogen-bond acceptors (Lipinski definition) is 19. The fourth-order valence-electron chi connectivity index (χ4n) is 23.7. The third kappa shape index (κ3) is 8.01. The Hall–Kier alpha value is -15.3. The number of hydrogen-bond donors (Lipinski definition) is 0. The fourth-order valence-corrected chi connectivity index (χ4v) is 23.7. The quantitative estimate of drug-likeness (QED) is 0.145. The van der Waals surface area contributed by atoms with E-state index >= 15 is 47.9 Å².